The molecule has 7 heteroatoms. The standard InChI is InChI=1S/C8H9Cl2O4P/c1-2-7-5-3-4-6-8(7)12-15(11,13-9)14-10/h3-6H,2H2,1H3. The molecule has 0 aliphatic rings. The van der Waals surface area contributed by atoms with Crippen LogP contribution in [0.25, 0.3) is 0 Å². The Morgan fingerprint density at radius 3 is 2.40 bits per heavy atom. The second-order valence-electron chi connectivity index (χ2n) is 2.64. The van der Waals surface area contributed by atoms with Crippen molar-refractivity contribution in [1.29, 1.82) is 0 Å². The van der Waals surface area contributed by atoms with Crippen LogP contribution < -0.4 is 4.52 Å². The van der Waals surface area contributed by atoms with E-state index in [-0.39, 0.29) is 0 Å². The van der Waals surface area contributed by atoms with Crippen LogP contribution >= 0.6 is 31.6 Å². The molecule has 0 spiro atoms. The van der Waals surface area contributed by atoms with Gasteiger partial charge in [-0.15, -0.1) is 0 Å². The fourth-order valence-corrected chi connectivity index (χ4v) is 1.97. The van der Waals surface area contributed by atoms with Gasteiger partial charge in [-0.3, -0.25) is 0 Å². The van der Waals surface area contributed by atoms with Crippen molar-refractivity contribution in [3.05, 3.63) is 29.8 Å². The highest BCUT2D eigenvalue weighted by atomic mass is 35.5. The normalized spacial score (nSPS) is 11.4. The van der Waals surface area contributed by atoms with E-state index in [9.17, 15) is 4.57 Å². The van der Waals surface area contributed by atoms with Crippen molar-refractivity contribution in [3.63, 3.8) is 0 Å². The molecule has 0 fully saturated rings. The summed E-state index contributed by atoms with van der Waals surface area (Å²) in [4.78, 5) is 0. The number of aryl methyl sites for hydroxylation is 1. The molecule has 84 valence electrons. The van der Waals surface area contributed by atoms with Gasteiger partial charge < -0.3 is 4.52 Å². The average molecular weight is 271 g/mol. The van der Waals surface area contributed by atoms with Gasteiger partial charge in [0.15, 0.2) is 0 Å². The summed E-state index contributed by atoms with van der Waals surface area (Å²) in [7, 11) is -3.91. The Hall–Kier alpha value is -0.250. The molecule has 0 aromatic heterocycles. The van der Waals surface area contributed by atoms with E-state index in [1.54, 1.807) is 12.1 Å². The summed E-state index contributed by atoms with van der Waals surface area (Å²) < 4.78 is 24.5. The molecule has 0 aliphatic heterocycles. The van der Waals surface area contributed by atoms with Crippen LogP contribution in [0, 0.1) is 0 Å². The van der Waals surface area contributed by atoms with E-state index in [0.717, 1.165) is 5.56 Å². The Balaban J connectivity index is 2.93. The second-order valence-corrected chi connectivity index (χ2v) is 4.82. The van der Waals surface area contributed by atoms with Crippen molar-refractivity contribution < 1.29 is 17.2 Å². The van der Waals surface area contributed by atoms with Crippen LogP contribution in [0.4, 0.5) is 0 Å². The van der Waals surface area contributed by atoms with Crippen LogP contribution in [0.1, 0.15) is 12.5 Å². The number of benzene rings is 1. The number of para-hydroxylation sites is 1. The van der Waals surface area contributed by atoms with Gasteiger partial charge in [-0.05, 0) is 18.1 Å². The minimum Gasteiger partial charge on any atom is -0.402 e. The first kappa shape index (κ1) is 12.8. The lowest BCUT2D eigenvalue weighted by Crippen LogP contribution is -1.95. The van der Waals surface area contributed by atoms with E-state index in [4.69, 9.17) is 28.3 Å². The van der Waals surface area contributed by atoms with Gasteiger partial charge in [0, 0.05) is 0 Å². The van der Waals surface area contributed by atoms with E-state index < -0.39 is 7.82 Å². The third-order valence-corrected chi connectivity index (χ3v) is 3.51. The fraction of sp³-hybridized carbons (Fsp3) is 0.250. The minimum atomic E-state index is -3.91. The minimum absolute atomic E-state index is 0.365. The van der Waals surface area contributed by atoms with Crippen molar-refractivity contribution in [2.24, 2.45) is 0 Å². The third-order valence-electron chi connectivity index (χ3n) is 1.73. The van der Waals surface area contributed by atoms with E-state index in [0.29, 0.717) is 12.2 Å². The summed E-state index contributed by atoms with van der Waals surface area (Å²) in [6.07, 6.45) is 0.709. The highest BCUT2D eigenvalue weighted by Gasteiger charge is 2.29. The molecule has 1 aromatic rings. The molecule has 15 heavy (non-hydrogen) atoms. The monoisotopic (exact) mass is 270 g/mol. The molecule has 0 heterocycles. The Kier molecular flexibility index (Phi) is 4.90. The molecule has 0 bridgehead atoms. The average Bonchev–Trinajstić information content (AvgIpc) is 2.29. The zero-order valence-electron chi connectivity index (χ0n) is 7.85. The number of hydrogen-bond acceptors (Lipinski definition) is 4. The third kappa shape index (κ3) is 3.37. The van der Waals surface area contributed by atoms with Crippen LogP contribution in [0.15, 0.2) is 24.3 Å². The van der Waals surface area contributed by atoms with Crippen LogP contribution in [-0.4, -0.2) is 0 Å². The van der Waals surface area contributed by atoms with Gasteiger partial charge in [-0.2, -0.15) is 8.15 Å². The summed E-state index contributed by atoms with van der Waals surface area (Å²) in [5.41, 5.74) is 0.847. The summed E-state index contributed by atoms with van der Waals surface area (Å²) in [6.45, 7) is 1.93. The van der Waals surface area contributed by atoms with Crippen LogP contribution in [0.3, 0.4) is 0 Å². The summed E-state index contributed by atoms with van der Waals surface area (Å²) in [6, 6.07) is 7.00. The smallest absolute Gasteiger partial charge is 0.402 e. The van der Waals surface area contributed by atoms with Gasteiger partial charge in [0.2, 0.25) is 0 Å². The lowest BCUT2D eigenvalue weighted by atomic mass is 10.1. The second kappa shape index (κ2) is 5.73. The van der Waals surface area contributed by atoms with Crippen LogP contribution in [0.5, 0.6) is 5.75 Å². The number of hydrogen-bond donors (Lipinski definition) is 0. The molecular weight excluding hydrogens is 262 g/mol. The molecular formula is C8H9Cl2O4P. The molecule has 0 aliphatic carbocycles. The van der Waals surface area contributed by atoms with E-state index in [2.05, 4.69) is 8.15 Å². The number of rotatable bonds is 5. The van der Waals surface area contributed by atoms with Gasteiger partial charge >= 0.3 is 7.82 Å². The van der Waals surface area contributed by atoms with Crippen molar-refractivity contribution in [2.75, 3.05) is 0 Å². The highest BCUT2D eigenvalue weighted by molar-refractivity contribution is 7.50. The van der Waals surface area contributed by atoms with Crippen molar-refractivity contribution >= 4 is 31.6 Å². The Morgan fingerprint density at radius 1 is 1.27 bits per heavy atom. The Labute approximate surface area is 98.0 Å². The van der Waals surface area contributed by atoms with E-state index >= 15 is 0 Å². The van der Waals surface area contributed by atoms with Crippen molar-refractivity contribution in [2.45, 2.75) is 13.3 Å². The molecule has 0 saturated heterocycles. The first-order chi connectivity index (χ1) is 7.15. The zero-order chi connectivity index (χ0) is 11.3. The largest absolute Gasteiger partial charge is 0.563 e. The molecule has 0 atom stereocenters. The molecule has 0 radical (unpaired) electrons. The maximum absolute atomic E-state index is 11.5. The quantitative estimate of drug-likeness (QED) is 0.757. The van der Waals surface area contributed by atoms with Gasteiger partial charge in [0.1, 0.15) is 5.75 Å². The highest BCUT2D eigenvalue weighted by Crippen LogP contribution is 2.52. The molecule has 0 N–H and O–H groups in total. The molecule has 1 rings (SSSR count). The zero-order valence-corrected chi connectivity index (χ0v) is 10.3. The topological polar surface area (TPSA) is 44.8 Å². The first-order valence-corrected chi connectivity index (χ1v) is 6.21. The summed E-state index contributed by atoms with van der Waals surface area (Å²) >= 11 is 9.91. The van der Waals surface area contributed by atoms with Crippen LogP contribution in [0.2, 0.25) is 0 Å². The number of halogens is 2. The molecule has 0 amide bonds. The van der Waals surface area contributed by atoms with Gasteiger partial charge in [-0.25, -0.2) is 4.57 Å². The predicted octanol–water partition coefficient (Wildman–Crippen LogP) is 4.08. The fourth-order valence-electron chi connectivity index (χ4n) is 1.04. The summed E-state index contributed by atoms with van der Waals surface area (Å²) in [5, 5.41) is 0. The number of phosphoric acid groups is 1. The predicted molar refractivity (Wildman–Crippen MR) is 57.9 cm³/mol. The Morgan fingerprint density at radius 2 is 1.87 bits per heavy atom. The van der Waals surface area contributed by atoms with E-state index in [1.807, 2.05) is 19.1 Å². The lowest BCUT2D eigenvalue weighted by Gasteiger charge is -2.13. The molecule has 0 saturated carbocycles. The molecule has 4 nitrogen and oxygen atoms in total. The lowest BCUT2D eigenvalue weighted by molar-refractivity contribution is 0.317. The maximum atomic E-state index is 11.5. The van der Waals surface area contributed by atoms with Gasteiger partial charge in [-0.1, -0.05) is 25.1 Å². The van der Waals surface area contributed by atoms with Crippen molar-refractivity contribution in [1.82, 2.24) is 0 Å². The van der Waals surface area contributed by atoms with Gasteiger partial charge in [0.25, 0.3) is 0 Å². The van der Waals surface area contributed by atoms with Crippen LogP contribution in [-0.2, 0) is 19.1 Å². The SMILES string of the molecule is CCc1ccccc1OP(=O)(OCl)OCl. The van der Waals surface area contributed by atoms with E-state index in [1.165, 1.54) is 0 Å². The van der Waals surface area contributed by atoms with Crippen molar-refractivity contribution in [3.8, 4) is 5.75 Å². The molecule has 0 unspecified atom stereocenters. The summed E-state index contributed by atoms with van der Waals surface area (Å²) in [5.74, 6) is 0.365. The Bertz CT molecular complexity index is 363. The van der Waals surface area contributed by atoms with Gasteiger partial charge in [0.05, 0.1) is 23.7 Å². The maximum Gasteiger partial charge on any atom is 0.563 e. The first-order valence-electron chi connectivity index (χ1n) is 4.13. The molecule has 1 aromatic carbocycles.